The number of alkyl halides is 3. The van der Waals surface area contributed by atoms with Crippen LogP contribution >= 0.6 is 0 Å². The molecule has 7 heteroatoms. The van der Waals surface area contributed by atoms with Crippen LogP contribution < -0.4 is 0 Å². The first-order valence-electron chi connectivity index (χ1n) is 4.64. The zero-order valence-corrected chi connectivity index (χ0v) is 9.49. The summed E-state index contributed by atoms with van der Waals surface area (Å²) in [6.45, 7) is 3.35. The molecule has 1 atom stereocenters. The molecule has 0 bridgehead atoms. The Morgan fingerprint density at radius 2 is 1.87 bits per heavy atom. The fraction of sp³-hybridized carbons (Fsp3) is 1.00. The van der Waals surface area contributed by atoms with E-state index in [0.29, 0.717) is 6.42 Å². The Morgan fingerprint density at radius 3 is 2.27 bits per heavy atom. The minimum atomic E-state index is -4.75. The Kier molecular flexibility index (Phi) is 5.58. The third-order valence-corrected chi connectivity index (χ3v) is 2.92. The summed E-state index contributed by atoms with van der Waals surface area (Å²) in [5, 5.41) is 0. The predicted octanol–water partition coefficient (Wildman–Crippen LogP) is 2.47. The van der Waals surface area contributed by atoms with Gasteiger partial charge in [0.05, 0.1) is 6.10 Å². The summed E-state index contributed by atoms with van der Waals surface area (Å²) < 4.78 is 61.5. The molecule has 1 unspecified atom stereocenters. The average molecular weight is 248 g/mol. The number of halogens is 3. The van der Waals surface area contributed by atoms with E-state index < -0.39 is 28.2 Å². The first-order valence-corrected chi connectivity index (χ1v) is 6.21. The van der Waals surface area contributed by atoms with Crippen LogP contribution in [0.5, 0.6) is 0 Å². The molecule has 0 amide bonds. The van der Waals surface area contributed by atoms with E-state index in [0.717, 1.165) is 12.8 Å². The van der Waals surface area contributed by atoms with Crippen LogP contribution in [-0.4, -0.2) is 26.5 Å². The highest BCUT2D eigenvalue weighted by atomic mass is 32.2. The normalized spacial score (nSPS) is 15.3. The van der Waals surface area contributed by atoms with Gasteiger partial charge in [-0.15, -0.1) is 0 Å². The van der Waals surface area contributed by atoms with Crippen molar-refractivity contribution in [1.29, 1.82) is 0 Å². The lowest BCUT2D eigenvalue weighted by molar-refractivity contribution is -0.107. The van der Waals surface area contributed by atoms with Gasteiger partial charge in [0.15, 0.2) is 5.75 Å². The van der Waals surface area contributed by atoms with Crippen molar-refractivity contribution in [2.24, 2.45) is 0 Å². The summed E-state index contributed by atoms with van der Waals surface area (Å²) in [6, 6.07) is 0. The second-order valence-corrected chi connectivity index (χ2v) is 4.96. The highest BCUT2D eigenvalue weighted by molar-refractivity contribution is 7.86. The molecule has 15 heavy (non-hydrogen) atoms. The van der Waals surface area contributed by atoms with E-state index in [1.54, 1.807) is 0 Å². The van der Waals surface area contributed by atoms with Crippen LogP contribution in [0.15, 0.2) is 0 Å². The zero-order chi connectivity index (χ0) is 12.1. The Hall–Kier alpha value is -0.300. The van der Waals surface area contributed by atoms with Crippen LogP contribution in [0.3, 0.4) is 0 Å². The predicted molar refractivity (Wildman–Crippen MR) is 49.9 cm³/mol. The third-order valence-electron chi connectivity index (χ3n) is 1.62. The van der Waals surface area contributed by atoms with Gasteiger partial charge in [-0.3, -0.25) is 4.18 Å². The molecular formula is C8H15F3O3S. The molecule has 0 aromatic carbocycles. The molecule has 0 saturated carbocycles. The molecule has 0 heterocycles. The summed E-state index contributed by atoms with van der Waals surface area (Å²) in [5.41, 5.74) is 0. The van der Waals surface area contributed by atoms with E-state index in [2.05, 4.69) is 4.18 Å². The summed E-state index contributed by atoms with van der Waals surface area (Å²) in [4.78, 5) is 0. The van der Waals surface area contributed by atoms with Gasteiger partial charge >= 0.3 is 6.18 Å². The van der Waals surface area contributed by atoms with Crippen molar-refractivity contribution < 1.29 is 25.8 Å². The standard InChI is InChI=1S/C8H15F3O3S/c1-3-4-5-7(2)14-15(12,13)6-8(9,10)11/h7H,3-6H2,1-2H3. The van der Waals surface area contributed by atoms with E-state index in [-0.39, 0.29) is 0 Å². The summed E-state index contributed by atoms with van der Waals surface area (Å²) >= 11 is 0. The second kappa shape index (κ2) is 5.69. The van der Waals surface area contributed by atoms with Crippen LogP contribution in [0.4, 0.5) is 13.2 Å². The van der Waals surface area contributed by atoms with Crippen LogP contribution in [0.2, 0.25) is 0 Å². The summed E-state index contributed by atoms with van der Waals surface area (Å²) in [6.07, 6.45) is -3.44. The van der Waals surface area contributed by atoms with Crippen LogP contribution in [0.1, 0.15) is 33.1 Å². The molecule has 0 aliphatic rings. The number of rotatable bonds is 6. The summed E-state index contributed by atoms with van der Waals surface area (Å²) in [7, 11) is -4.49. The molecule has 0 aliphatic heterocycles. The molecule has 0 aromatic rings. The van der Waals surface area contributed by atoms with E-state index in [9.17, 15) is 21.6 Å². The van der Waals surface area contributed by atoms with Crippen molar-refractivity contribution >= 4 is 10.1 Å². The molecule has 0 N–H and O–H groups in total. The van der Waals surface area contributed by atoms with E-state index in [1.807, 2.05) is 6.92 Å². The van der Waals surface area contributed by atoms with Crippen molar-refractivity contribution in [2.75, 3.05) is 5.75 Å². The minimum absolute atomic E-state index is 0.438. The summed E-state index contributed by atoms with van der Waals surface area (Å²) in [5.74, 6) is -1.92. The Balaban J connectivity index is 4.15. The number of hydrogen-bond donors (Lipinski definition) is 0. The van der Waals surface area contributed by atoms with Gasteiger partial charge in [-0.2, -0.15) is 21.6 Å². The molecule has 0 spiro atoms. The highest BCUT2D eigenvalue weighted by Gasteiger charge is 2.36. The largest absolute Gasteiger partial charge is 0.405 e. The fourth-order valence-electron chi connectivity index (χ4n) is 1.02. The van der Waals surface area contributed by atoms with Gasteiger partial charge in [0.2, 0.25) is 0 Å². The number of hydrogen-bond acceptors (Lipinski definition) is 3. The van der Waals surface area contributed by atoms with Gasteiger partial charge in [-0.1, -0.05) is 19.8 Å². The average Bonchev–Trinajstić information content (AvgIpc) is 1.94. The Bertz CT molecular complexity index is 271. The van der Waals surface area contributed by atoms with Gasteiger partial charge in [-0.05, 0) is 13.3 Å². The molecule has 0 aliphatic carbocycles. The van der Waals surface area contributed by atoms with Crippen molar-refractivity contribution in [2.45, 2.75) is 45.4 Å². The molecule has 0 fully saturated rings. The Morgan fingerprint density at radius 1 is 1.33 bits per heavy atom. The zero-order valence-electron chi connectivity index (χ0n) is 8.67. The van der Waals surface area contributed by atoms with Gasteiger partial charge in [-0.25, -0.2) is 0 Å². The lowest BCUT2D eigenvalue weighted by atomic mass is 10.2. The smallest absolute Gasteiger partial charge is 0.267 e. The maximum atomic E-state index is 11.8. The van der Waals surface area contributed by atoms with Crippen LogP contribution in [-0.2, 0) is 14.3 Å². The van der Waals surface area contributed by atoms with Gasteiger partial charge < -0.3 is 0 Å². The first-order chi connectivity index (χ1) is 6.66. The molecule has 0 aromatic heterocycles. The Labute approximate surface area is 87.7 Å². The van der Waals surface area contributed by atoms with Crippen LogP contribution in [0, 0.1) is 0 Å². The second-order valence-electron chi connectivity index (χ2n) is 3.37. The van der Waals surface area contributed by atoms with Crippen LogP contribution in [0.25, 0.3) is 0 Å². The molecule has 92 valence electrons. The first kappa shape index (κ1) is 14.7. The van der Waals surface area contributed by atoms with Gasteiger partial charge in [0.25, 0.3) is 10.1 Å². The maximum absolute atomic E-state index is 11.8. The monoisotopic (exact) mass is 248 g/mol. The quantitative estimate of drug-likeness (QED) is 0.678. The molecule has 0 rings (SSSR count). The van der Waals surface area contributed by atoms with Crippen molar-refractivity contribution in [3.05, 3.63) is 0 Å². The van der Waals surface area contributed by atoms with Gasteiger partial charge in [0.1, 0.15) is 0 Å². The van der Waals surface area contributed by atoms with E-state index in [1.165, 1.54) is 6.92 Å². The van der Waals surface area contributed by atoms with Gasteiger partial charge in [0, 0.05) is 0 Å². The van der Waals surface area contributed by atoms with E-state index >= 15 is 0 Å². The van der Waals surface area contributed by atoms with Crippen molar-refractivity contribution in [3.63, 3.8) is 0 Å². The lowest BCUT2D eigenvalue weighted by Gasteiger charge is -2.13. The van der Waals surface area contributed by atoms with Crippen molar-refractivity contribution in [3.8, 4) is 0 Å². The molecular weight excluding hydrogens is 233 g/mol. The van der Waals surface area contributed by atoms with Crippen molar-refractivity contribution in [1.82, 2.24) is 0 Å². The topological polar surface area (TPSA) is 43.4 Å². The minimum Gasteiger partial charge on any atom is -0.267 e. The molecule has 0 saturated heterocycles. The molecule has 0 radical (unpaired) electrons. The third kappa shape index (κ3) is 8.68. The number of unbranched alkanes of at least 4 members (excludes halogenated alkanes) is 1. The molecule has 3 nitrogen and oxygen atoms in total. The fourth-order valence-corrected chi connectivity index (χ4v) is 2.09. The lowest BCUT2D eigenvalue weighted by Crippen LogP contribution is -2.27. The van der Waals surface area contributed by atoms with E-state index in [4.69, 9.17) is 0 Å². The maximum Gasteiger partial charge on any atom is 0.405 e. The SMILES string of the molecule is CCCCC(C)OS(=O)(=O)CC(F)(F)F. The highest BCUT2D eigenvalue weighted by Crippen LogP contribution is 2.19.